The molecule has 1 aromatic heterocycles. The number of benzene rings is 2. The molecule has 1 nitrogen and oxygen atoms in total. The van der Waals surface area contributed by atoms with Crippen LogP contribution in [0.2, 0.25) is 0 Å². The zero-order chi connectivity index (χ0) is 19.1. The van der Waals surface area contributed by atoms with E-state index in [0.717, 1.165) is 16.8 Å². The molecular formula is C23H26N+. The van der Waals surface area contributed by atoms with Gasteiger partial charge in [-0.1, -0.05) is 43.3 Å². The summed E-state index contributed by atoms with van der Waals surface area (Å²) >= 11 is 0. The van der Waals surface area contributed by atoms with Gasteiger partial charge >= 0.3 is 0 Å². The van der Waals surface area contributed by atoms with Crippen LogP contribution in [0, 0.1) is 20.8 Å². The molecule has 1 heterocycles. The Kier molecular flexibility index (Phi) is 3.85. The lowest BCUT2D eigenvalue weighted by Crippen LogP contribution is -2.32. The highest BCUT2D eigenvalue weighted by Crippen LogP contribution is 2.31. The molecule has 0 aliphatic carbocycles. The third-order valence-corrected chi connectivity index (χ3v) is 4.68. The van der Waals surface area contributed by atoms with E-state index < -0.39 is 6.37 Å². The first-order valence-corrected chi connectivity index (χ1v) is 8.36. The number of pyridine rings is 1. The molecule has 3 aromatic rings. The summed E-state index contributed by atoms with van der Waals surface area (Å²) < 4.78 is 18.1. The van der Waals surface area contributed by atoms with Gasteiger partial charge in [0.2, 0.25) is 5.69 Å². The second kappa shape index (κ2) is 6.60. The molecule has 1 heteroatoms. The van der Waals surface area contributed by atoms with Crippen LogP contribution < -0.4 is 4.57 Å². The fraction of sp³-hybridized carbons (Fsp3) is 0.261. The van der Waals surface area contributed by atoms with Gasteiger partial charge in [0.05, 0.1) is 0 Å². The van der Waals surface area contributed by atoms with Gasteiger partial charge in [0.1, 0.15) is 7.05 Å². The van der Waals surface area contributed by atoms with Crippen LogP contribution in [0.4, 0.5) is 0 Å². The number of aromatic nitrogens is 1. The second-order valence-electron chi connectivity index (χ2n) is 6.46. The molecular weight excluding hydrogens is 290 g/mol. The monoisotopic (exact) mass is 318 g/mol. The second-order valence-corrected chi connectivity index (χ2v) is 6.46. The Labute approximate surface area is 148 Å². The molecule has 0 radical (unpaired) electrons. The number of nitrogens with zero attached hydrogens (tertiary/aromatic N) is 1. The van der Waals surface area contributed by atoms with Crippen molar-refractivity contribution in [2.24, 2.45) is 7.05 Å². The van der Waals surface area contributed by atoms with Gasteiger partial charge in [-0.3, -0.25) is 0 Å². The Morgan fingerprint density at radius 3 is 2.21 bits per heavy atom. The molecule has 0 spiro atoms. The van der Waals surface area contributed by atoms with Crippen LogP contribution >= 0.6 is 0 Å². The Morgan fingerprint density at radius 1 is 0.875 bits per heavy atom. The van der Waals surface area contributed by atoms with Crippen molar-refractivity contribution in [2.75, 3.05) is 0 Å². The molecule has 0 saturated carbocycles. The molecule has 24 heavy (non-hydrogen) atoms. The average Bonchev–Trinajstić information content (AvgIpc) is 2.57. The minimum Gasteiger partial charge on any atom is -0.201 e. The molecule has 3 rings (SSSR count). The van der Waals surface area contributed by atoms with Crippen molar-refractivity contribution in [1.29, 1.82) is 0 Å². The first-order chi connectivity index (χ1) is 12.2. The van der Waals surface area contributed by atoms with Crippen molar-refractivity contribution < 1.29 is 7.31 Å². The molecule has 122 valence electrons. The SMILES string of the molecule is [2H]C([2H])(C)c1c[n+](C)c(-c2cc(-c3ccccc3)c(C)cc2C)cc1C. The summed E-state index contributed by atoms with van der Waals surface area (Å²) in [4.78, 5) is 0. The Hall–Kier alpha value is -2.41. The quantitative estimate of drug-likeness (QED) is 0.574. The van der Waals surface area contributed by atoms with Crippen LogP contribution in [0.5, 0.6) is 0 Å². The Morgan fingerprint density at radius 2 is 1.54 bits per heavy atom. The number of rotatable bonds is 3. The van der Waals surface area contributed by atoms with Crippen LogP contribution in [0.25, 0.3) is 22.4 Å². The minimum atomic E-state index is -1.35. The third kappa shape index (κ3) is 2.99. The van der Waals surface area contributed by atoms with E-state index in [9.17, 15) is 0 Å². The Bertz CT molecular complexity index is 954. The summed E-state index contributed by atoms with van der Waals surface area (Å²) in [6.07, 6.45) is 0.573. The number of aryl methyl sites for hydroxylation is 5. The van der Waals surface area contributed by atoms with E-state index in [0.29, 0.717) is 0 Å². The largest absolute Gasteiger partial charge is 0.212 e. The minimum absolute atomic E-state index is 0.733. The predicted octanol–water partition coefficient (Wildman–Crippen LogP) is 5.33. The van der Waals surface area contributed by atoms with Crippen molar-refractivity contribution in [3.63, 3.8) is 0 Å². The summed E-state index contributed by atoms with van der Waals surface area (Å²) in [5.74, 6) is 0. The van der Waals surface area contributed by atoms with E-state index in [1.807, 2.05) is 30.8 Å². The zero-order valence-electron chi connectivity index (χ0n) is 17.1. The molecule has 0 unspecified atom stereocenters. The molecule has 0 saturated heterocycles. The smallest absolute Gasteiger partial charge is 0.201 e. The highest BCUT2D eigenvalue weighted by atomic mass is 14.9. The van der Waals surface area contributed by atoms with E-state index in [2.05, 4.69) is 56.3 Å². The van der Waals surface area contributed by atoms with Crippen molar-refractivity contribution >= 4 is 0 Å². The summed E-state index contributed by atoms with van der Waals surface area (Å²) in [5, 5.41) is 0. The van der Waals surface area contributed by atoms with E-state index in [-0.39, 0.29) is 0 Å². The molecule has 0 fully saturated rings. The van der Waals surface area contributed by atoms with Gasteiger partial charge in [-0.15, -0.1) is 0 Å². The number of hydrogen-bond acceptors (Lipinski definition) is 0. The molecule has 0 amide bonds. The lowest BCUT2D eigenvalue weighted by Gasteiger charge is -2.13. The van der Waals surface area contributed by atoms with Gasteiger partial charge in [0.25, 0.3) is 0 Å². The van der Waals surface area contributed by atoms with E-state index >= 15 is 0 Å². The summed E-state index contributed by atoms with van der Waals surface area (Å²) in [6.45, 7) is 7.89. The van der Waals surface area contributed by atoms with Gasteiger partial charge in [-0.05, 0) is 61.0 Å². The van der Waals surface area contributed by atoms with E-state index in [1.165, 1.54) is 27.8 Å². The normalized spacial score (nSPS) is 12.7. The molecule has 0 aliphatic rings. The van der Waals surface area contributed by atoms with Crippen molar-refractivity contribution in [3.05, 3.63) is 77.0 Å². The van der Waals surface area contributed by atoms with Gasteiger partial charge in [0.15, 0.2) is 6.20 Å². The maximum absolute atomic E-state index is 8.06. The van der Waals surface area contributed by atoms with E-state index in [1.54, 1.807) is 6.92 Å². The number of hydrogen-bond donors (Lipinski definition) is 0. The van der Waals surface area contributed by atoms with Crippen molar-refractivity contribution in [3.8, 4) is 22.4 Å². The zero-order valence-corrected chi connectivity index (χ0v) is 15.1. The van der Waals surface area contributed by atoms with Gasteiger partial charge < -0.3 is 0 Å². The third-order valence-electron chi connectivity index (χ3n) is 4.68. The summed E-state index contributed by atoms with van der Waals surface area (Å²) in [6, 6.07) is 17.0. The van der Waals surface area contributed by atoms with E-state index in [4.69, 9.17) is 2.74 Å². The van der Waals surface area contributed by atoms with Crippen LogP contribution in [-0.2, 0) is 13.4 Å². The highest BCUT2D eigenvalue weighted by molar-refractivity contribution is 5.75. The standard InChI is InChI=1S/C23H26N/c1-6-19-15-24(5)23(13-16(19)2)22-14-21(17(3)12-18(22)4)20-10-8-7-9-11-20/h7-15H,6H2,1-5H3/q+1/i6D2. The van der Waals surface area contributed by atoms with Crippen LogP contribution in [0.1, 0.15) is 31.9 Å². The molecule has 0 N–H and O–H groups in total. The van der Waals surface area contributed by atoms with Crippen molar-refractivity contribution in [2.45, 2.75) is 34.1 Å². The fourth-order valence-corrected chi connectivity index (χ4v) is 3.34. The lowest BCUT2D eigenvalue weighted by atomic mass is 9.92. The van der Waals surface area contributed by atoms with Crippen molar-refractivity contribution in [1.82, 2.24) is 0 Å². The molecule has 0 aliphatic heterocycles. The predicted molar refractivity (Wildman–Crippen MR) is 102 cm³/mol. The van der Waals surface area contributed by atoms with Crippen LogP contribution in [0.3, 0.4) is 0 Å². The van der Waals surface area contributed by atoms with Crippen LogP contribution in [-0.4, -0.2) is 0 Å². The van der Waals surface area contributed by atoms with Crippen LogP contribution in [0.15, 0.2) is 54.7 Å². The highest BCUT2D eigenvalue weighted by Gasteiger charge is 2.17. The molecule has 2 aromatic carbocycles. The van der Waals surface area contributed by atoms with Gasteiger partial charge in [-0.25, -0.2) is 4.57 Å². The average molecular weight is 318 g/mol. The van der Waals surface area contributed by atoms with Gasteiger partial charge in [0, 0.05) is 19.9 Å². The summed E-state index contributed by atoms with van der Waals surface area (Å²) in [5.41, 5.74) is 8.94. The maximum Gasteiger partial charge on any atom is 0.212 e. The molecule has 0 bridgehead atoms. The Balaban J connectivity index is 2.20. The maximum atomic E-state index is 8.06. The first-order valence-electron chi connectivity index (χ1n) is 9.36. The fourth-order valence-electron chi connectivity index (χ4n) is 3.34. The topological polar surface area (TPSA) is 3.88 Å². The molecule has 0 atom stereocenters. The van der Waals surface area contributed by atoms with Gasteiger partial charge in [-0.2, -0.15) is 0 Å². The summed E-state index contributed by atoms with van der Waals surface area (Å²) in [7, 11) is 1.99. The lowest BCUT2D eigenvalue weighted by molar-refractivity contribution is -0.660. The first kappa shape index (κ1) is 14.0.